The van der Waals surface area contributed by atoms with Crippen LogP contribution < -0.4 is 11.1 Å². The zero-order valence-corrected chi connectivity index (χ0v) is 11.2. The summed E-state index contributed by atoms with van der Waals surface area (Å²) in [6, 6.07) is 6.92. The standard InChI is InChI=1S/C14H22N2S/c15-7-1-2-8-16-11-12-5-6-14-13(10-12)4-3-9-17-14/h5-6,10,16H,1-4,7-9,11,15H2. The number of nitrogens with one attached hydrogen (secondary N) is 1. The second kappa shape index (κ2) is 7.04. The fourth-order valence-electron chi connectivity index (χ4n) is 2.15. The Balaban J connectivity index is 1.81. The highest BCUT2D eigenvalue weighted by Gasteiger charge is 2.09. The number of hydrogen-bond acceptors (Lipinski definition) is 3. The molecule has 94 valence electrons. The molecule has 17 heavy (non-hydrogen) atoms. The van der Waals surface area contributed by atoms with Gasteiger partial charge in [0.1, 0.15) is 0 Å². The fraction of sp³-hybridized carbons (Fsp3) is 0.571. The Morgan fingerprint density at radius 2 is 2.24 bits per heavy atom. The molecule has 2 nitrogen and oxygen atoms in total. The van der Waals surface area contributed by atoms with Crippen molar-refractivity contribution in [1.29, 1.82) is 0 Å². The van der Waals surface area contributed by atoms with E-state index in [1.54, 1.807) is 5.56 Å². The van der Waals surface area contributed by atoms with Crippen molar-refractivity contribution in [3.63, 3.8) is 0 Å². The first-order valence-corrected chi connectivity index (χ1v) is 7.54. The van der Waals surface area contributed by atoms with Crippen LogP contribution in [0.1, 0.15) is 30.4 Å². The Kier molecular flexibility index (Phi) is 5.36. The summed E-state index contributed by atoms with van der Waals surface area (Å²) >= 11 is 2.00. The summed E-state index contributed by atoms with van der Waals surface area (Å²) in [6.45, 7) is 2.86. The van der Waals surface area contributed by atoms with E-state index in [9.17, 15) is 0 Å². The first-order chi connectivity index (χ1) is 8.40. The van der Waals surface area contributed by atoms with Gasteiger partial charge in [0.05, 0.1) is 0 Å². The molecule has 1 aliphatic rings. The van der Waals surface area contributed by atoms with Gasteiger partial charge in [-0.3, -0.25) is 0 Å². The van der Waals surface area contributed by atoms with Gasteiger partial charge in [0.15, 0.2) is 0 Å². The number of benzene rings is 1. The van der Waals surface area contributed by atoms with Gasteiger partial charge in [0.2, 0.25) is 0 Å². The van der Waals surface area contributed by atoms with Crippen molar-refractivity contribution in [2.24, 2.45) is 5.73 Å². The van der Waals surface area contributed by atoms with E-state index < -0.39 is 0 Å². The largest absolute Gasteiger partial charge is 0.330 e. The third-order valence-electron chi connectivity index (χ3n) is 3.11. The molecule has 0 fully saturated rings. The van der Waals surface area contributed by atoms with E-state index in [4.69, 9.17) is 5.73 Å². The van der Waals surface area contributed by atoms with Crippen LogP contribution in [-0.4, -0.2) is 18.8 Å². The minimum absolute atomic E-state index is 0.803. The molecular formula is C14H22N2S. The van der Waals surface area contributed by atoms with Gasteiger partial charge in [0.25, 0.3) is 0 Å². The summed E-state index contributed by atoms with van der Waals surface area (Å²) in [5.74, 6) is 1.28. The number of rotatable bonds is 6. The number of aryl methyl sites for hydroxylation is 1. The van der Waals surface area contributed by atoms with Crippen molar-refractivity contribution in [2.75, 3.05) is 18.8 Å². The van der Waals surface area contributed by atoms with Crippen LogP contribution in [0.3, 0.4) is 0 Å². The quantitative estimate of drug-likeness (QED) is 0.762. The topological polar surface area (TPSA) is 38.0 Å². The Morgan fingerprint density at radius 1 is 1.29 bits per heavy atom. The molecule has 0 atom stereocenters. The molecule has 3 heteroatoms. The normalized spacial score (nSPS) is 14.6. The van der Waals surface area contributed by atoms with Crippen molar-refractivity contribution in [3.8, 4) is 0 Å². The molecule has 0 spiro atoms. The van der Waals surface area contributed by atoms with Crippen molar-refractivity contribution in [2.45, 2.75) is 37.1 Å². The molecule has 0 unspecified atom stereocenters. The van der Waals surface area contributed by atoms with Gasteiger partial charge in [-0.2, -0.15) is 0 Å². The molecule has 1 aliphatic heterocycles. The van der Waals surface area contributed by atoms with E-state index in [0.29, 0.717) is 0 Å². The Hall–Kier alpha value is -0.510. The first kappa shape index (κ1) is 12.9. The number of hydrogen-bond donors (Lipinski definition) is 2. The first-order valence-electron chi connectivity index (χ1n) is 6.55. The van der Waals surface area contributed by atoms with Crippen molar-refractivity contribution in [3.05, 3.63) is 29.3 Å². The average Bonchev–Trinajstić information content (AvgIpc) is 2.38. The monoisotopic (exact) mass is 250 g/mol. The second-order valence-electron chi connectivity index (χ2n) is 4.57. The molecule has 1 aromatic carbocycles. The van der Waals surface area contributed by atoms with Gasteiger partial charge in [-0.05, 0) is 61.7 Å². The number of nitrogens with two attached hydrogens (primary N) is 1. The Bertz CT molecular complexity index is 352. The van der Waals surface area contributed by atoms with Crippen LogP contribution in [0, 0.1) is 0 Å². The molecule has 3 N–H and O–H groups in total. The van der Waals surface area contributed by atoms with Crippen LogP contribution in [0.4, 0.5) is 0 Å². The van der Waals surface area contributed by atoms with Gasteiger partial charge >= 0.3 is 0 Å². The lowest BCUT2D eigenvalue weighted by Crippen LogP contribution is -2.16. The summed E-state index contributed by atoms with van der Waals surface area (Å²) < 4.78 is 0. The van der Waals surface area contributed by atoms with Gasteiger partial charge in [-0.1, -0.05) is 12.1 Å². The van der Waals surface area contributed by atoms with Gasteiger partial charge < -0.3 is 11.1 Å². The molecule has 0 aromatic heterocycles. The van der Waals surface area contributed by atoms with Crippen LogP contribution in [0.5, 0.6) is 0 Å². The number of thioether (sulfide) groups is 1. The molecule has 0 aliphatic carbocycles. The van der Waals surface area contributed by atoms with Crippen LogP contribution in [0.25, 0.3) is 0 Å². The van der Waals surface area contributed by atoms with Gasteiger partial charge in [-0.15, -0.1) is 11.8 Å². The Labute approximate surface area is 108 Å². The molecular weight excluding hydrogens is 228 g/mol. The molecule has 0 saturated carbocycles. The molecule has 0 amide bonds. The highest BCUT2D eigenvalue weighted by molar-refractivity contribution is 7.99. The molecule has 0 bridgehead atoms. The van der Waals surface area contributed by atoms with E-state index in [2.05, 4.69) is 23.5 Å². The van der Waals surface area contributed by atoms with Gasteiger partial charge in [-0.25, -0.2) is 0 Å². The maximum absolute atomic E-state index is 5.47. The third-order valence-corrected chi connectivity index (χ3v) is 4.31. The molecule has 1 heterocycles. The molecule has 2 rings (SSSR count). The maximum atomic E-state index is 5.47. The van der Waals surface area contributed by atoms with E-state index in [-0.39, 0.29) is 0 Å². The van der Waals surface area contributed by atoms with E-state index in [1.807, 2.05) is 11.8 Å². The average molecular weight is 250 g/mol. The van der Waals surface area contributed by atoms with Crippen LogP contribution >= 0.6 is 11.8 Å². The maximum Gasteiger partial charge on any atom is 0.0205 e. The van der Waals surface area contributed by atoms with Crippen LogP contribution in [-0.2, 0) is 13.0 Å². The van der Waals surface area contributed by atoms with E-state index in [0.717, 1.165) is 26.1 Å². The van der Waals surface area contributed by atoms with Crippen LogP contribution in [0.15, 0.2) is 23.1 Å². The zero-order chi connectivity index (χ0) is 11.9. The smallest absolute Gasteiger partial charge is 0.0205 e. The predicted molar refractivity (Wildman–Crippen MR) is 75.5 cm³/mol. The SMILES string of the molecule is NCCCCNCc1ccc2c(c1)CCCS2. The highest BCUT2D eigenvalue weighted by Crippen LogP contribution is 2.30. The van der Waals surface area contributed by atoms with E-state index >= 15 is 0 Å². The van der Waals surface area contributed by atoms with Crippen molar-refractivity contribution >= 4 is 11.8 Å². The number of unbranched alkanes of at least 4 members (excludes halogenated alkanes) is 1. The summed E-state index contributed by atoms with van der Waals surface area (Å²) in [5, 5.41) is 3.48. The summed E-state index contributed by atoms with van der Waals surface area (Å²) in [4.78, 5) is 1.49. The lowest BCUT2D eigenvalue weighted by molar-refractivity contribution is 0.627. The Morgan fingerprint density at radius 3 is 3.12 bits per heavy atom. The molecule has 1 aromatic rings. The fourth-order valence-corrected chi connectivity index (χ4v) is 3.17. The minimum Gasteiger partial charge on any atom is -0.330 e. The van der Waals surface area contributed by atoms with Crippen molar-refractivity contribution in [1.82, 2.24) is 5.32 Å². The lowest BCUT2D eigenvalue weighted by atomic mass is 10.1. The minimum atomic E-state index is 0.803. The van der Waals surface area contributed by atoms with Gasteiger partial charge in [0, 0.05) is 11.4 Å². The molecule has 0 radical (unpaired) electrons. The zero-order valence-electron chi connectivity index (χ0n) is 10.4. The predicted octanol–water partition coefficient (Wildman–Crippen LogP) is 2.55. The number of fused-ring (bicyclic) bond motifs is 1. The summed E-state index contributed by atoms with van der Waals surface area (Å²) in [6.07, 6.45) is 4.87. The summed E-state index contributed by atoms with van der Waals surface area (Å²) in [5.41, 5.74) is 8.43. The lowest BCUT2D eigenvalue weighted by Gasteiger charge is -2.16. The van der Waals surface area contributed by atoms with Crippen molar-refractivity contribution < 1.29 is 0 Å². The summed E-state index contributed by atoms with van der Waals surface area (Å²) in [7, 11) is 0. The highest BCUT2D eigenvalue weighted by atomic mass is 32.2. The van der Waals surface area contributed by atoms with E-state index in [1.165, 1.54) is 35.5 Å². The van der Waals surface area contributed by atoms with Crippen LogP contribution in [0.2, 0.25) is 0 Å². The molecule has 0 saturated heterocycles. The second-order valence-corrected chi connectivity index (χ2v) is 5.70. The third kappa shape index (κ3) is 4.02.